The molecule has 0 saturated carbocycles. The van der Waals surface area contributed by atoms with Gasteiger partial charge >= 0.3 is 6.18 Å². The average molecular weight is 514 g/mol. The van der Waals surface area contributed by atoms with Crippen molar-refractivity contribution >= 4 is 41.3 Å². The lowest BCUT2D eigenvalue weighted by Gasteiger charge is -2.13. The van der Waals surface area contributed by atoms with Gasteiger partial charge in [0.15, 0.2) is 5.96 Å². The van der Waals surface area contributed by atoms with Crippen LogP contribution in [0.25, 0.3) is 0 Å². The summed E-state index contributed by atoms with van der Waals surface area (Å²) in [7, 11) is 0. The van der Waals surface area contributed by atoms with E-state index in [-0.39, 0.29) is 36.3 Å². The monoisotopic (exact) mass is 514 g/mol. The molecule has 2 N–H and O–H groups in total. The van der Waals surface area contributed by atoms with Gasteiger partial charge in [0, 0.05) is 17.6 Å². The van der Waals surface area contributed by atoms with Crippen molar-refractivity contribution in [2.24, 2.45) is 4.99 Å². The first-order valence-electron chi connectivity index (χ1n) is 8.12. The zero-order chi connectivity index (χ0) is 19.0. The molecule has 27 heavy (non-hydrogen) atoms. The lowest BCUT2D eigenvalue weighted by molar-refractivity contribution is -0.137. The van der Waals surface area contributed by atoms with Gasteiger partial charge in [-0.3, -0.25) is 0 Å². The van der Waals surface area contributed by atoms with Crippen LogP contribution in [0.2, 0.25) is 0 Å². The predicted molar refractivity (Wildman–Crippen MR) is 112 cm³/mol. The highest BCUT2D eigenvalue weighted by atomic mass is 127. The van der Waals surface area contributed by atoms with Crippen LogP contribution >= 0.6 is 35.3 Å². The Balaban J connectivity index is 0.00000364. The largest absolute Gasteiger partial charge is 0.492 e. The Labute approximate surface area is 177 Å². The quantitative estimate of drug-likeness (QED) is 0.252. The van der Waals surface area contributed by atoms with E-state index in [9.17, 15) is 13.2 Å². The summed E-state index contributed by atoms with van der Waals surface area (Å²) in [6, 6.07) is 4.83. The zero-order valence-electron chi connectivity index (χ0n) is 15.0. The minimum absolute atomic E-state index is 0. The van der Waals surface area contributed by atoms with E-state index >= 15 is 0 Å². The van der Waals surface area contributed by atoms with Crippen molar-refractivity contribution in [3.8, 4) is 5.75 Å². The molecule has 0 radical (unpaired) electrons. The molecule has 0 saturated heterocycles. The number of hydrogen-bond acceptors (Lipinski definition) is 4. The first-order valence-corrected chi connectivity index (χ1v) is 8.93. The number of aromatic nitrogens is 1. The zero-order valence-corrected chi connectivity index (χ0v) is 18.1. The summed E-state index contributed by atoms with van der Waals surface area (Å²) in [5.41, 5.74) is -0.725. The number of alkyl halides is 3. The van der Waals surface area contributed by atoms with E-state index in [2.05, 4.69) is 20.6 Å². The van der Waals surface area contributed by atoms with Gasteiger partial charge in [-0.25, -0.2) is 9.98 Å². The van der Waals surface area contributed by atoms with Gasteiger partial charge in [0.1, 0.15) is 17.4 Å². The molecule has 0 spiro atoms. The molecular weight excluding hydrogens is 492 g/mol. The Kier molecular flexibility index (Phi) is 9.84. The van der Waals surface area contributed by atoms with E-state index in [1.165, 1.54) is 12.1 Å². The predicted octanol–water partition coefficient (Wildman–Crippen LogP) is 4.22. The SMILES string of the molecule is CCNC(=NCc1ncc(C)s1)NCCOc1cccc(C(F)(F)F)c1.I. The van der Waals surface area contributed by atoms with Crippen LogP contribution in [-0.4, -0.2) is 30.6 Å². The minimum atomic E-state index is -4.38. The number of aliphatic imine (C=N–C) groups is 1. The van der Waals surface area contributed by atoms with Gasteiger partial charge in [-0.05, 0) is 32.0 Å². The maximum Gasteiger partial charge on any atom is 0.416 e. The fraction of sp³-hybridized carbons (Fsp3) is 0.412. The summed E-state index contributed by atoms with van der Waals surface area (Å²) in [6.45, 7) is 5.70. The second-order valence-corrected chi connectivity index (χ2v) is 6.68. The van der Waals surface area contributed by atoms with Crippen molar-refractivity contribution < 1.29 is 17.9 Å². The summed E-state index contributed by atoms with van der Waals surface area (Å²) in [4.78, 5) is 9.80. The number of thiazole rings is 1. The highest BCUT2D eigenvalue weighted by molar-refractivity contribution is 14.0. The van der Waals surface area contributed by atoms with Gasteiger partial charge in [0.05, 0.1) is 18.7 Å². The Morgan fingerprint density at radius 3 is 2.70 bits per heavy atom. The lowest BCUT2D eigenvalue weighted by Crippen LogP contribution is -2.39. The molecule has 1 aromatic carbocycles. The minimum Gasteiger partial charge on any atom is -0.492 e. The number of ether oxygens (including phenoxy) is 1. The van der Waals surface area contributed by atoms with Crippen LogP contribution < -0.4 is 15.4 Å². The average Bonchev–Trinajstić information content (AvgIpc) is 3.01. The highest BCUT2D eigenvalue weighted by Crippen LogP contribution is 2.31. The van der Waals surface area contributed by atoms with Crippen molar-refractivity contribution in [3.05, 3.63) is 45.9 Å². The van der Waals surface area contributed by atoms with Crippen LogP contribution in [0.1, 0.15) is 22.4 Å². The lowest BCUT2D eigenvalue weighted by atomic mass is 10.2. The molecule has 0 atom stereocenters. The number of nitrogens with one attached hydrogen (secondary N) is 2. The molecule has 0 aliphatic heterocycles. The van der Waals surface area contributed by atoms with Crippen LogP contribution in [0.5, 0.6) is 5.75 Å². The van der Waals surface area contributed by atoms with Crippen molar-refractivity contribution in [1.29, 1.82) is 0 Å². The number of nitrogens with zero attached hydrogens (tertiary/aromatic N) is 2. The standard InChI is InChI=1S/C17H21F3N4OS.HI/c1-3-21-16(24-11-15-23-10-12(2)26-15)22-7-8-25-14-6-4-5-13(9-14)17(18,19)20;/h4-6,9-10H,3,7-8,11H2,1-2H3,(H2,21,22,24);1H. The van der Waals surface area contributed by atoms with Gasteiger partial charge in [0.2, 0.25) is 0 Å². The topological polar surface area (TPSA) is 58.5 Å². The molecule has 0 amide bonds. The Hall–Kier alpha value is -1.56. The van der Waals surface area contributed by atoms with Gasteiger partial charge in [-0.2, -0.15) is 13.2 Å². The van der Waals surface area contributed by atoms with Crippen molar-refractivity contribution in [3.63, 3.8) is 0 Å². The number of rotatable bonds is 7. The normalized spacial score (nSPS) is 11.7. The third kappa shape index (κ3) is 8.33. The fourth-order valence-corrected chi connectivity index (χ4v) is 2.78. The van der Waals surface area contributed by atoms with Crippen molar-refractivity contribution in [1.82, 2.24) is 15.6 Å². The molecule has 0 aliphatic carbocycles. The number of hydrogen-bond donors (Lipinski definition) is 2. The summed E-state index contributed by atoms with van der Waals surface area (Å²) >= 11 is 1.59. The molecular formula is C17H22F3IN4OS. The summed E-state index contributed by atoms with van der Waals surface area (Å²) in [6.07, 6.45) is -2.57. The summed E-state index contributed by atoms with van der Waals surface area (Å²) in [5.74, 6) is 0.787. The second-order valence-electron chi connectivity index (χ2n) is 5.36. The number of aryl methyl sites for hydroxylation is 1. The Morgan fingerprint density at radius 2 is 2.07 bits per heavy atom. The molecule has 10 heteroatoms. The molecule has 5 nitrogen and oxygen atoms in total. The maximum atomic E-state index is 12.7. The fourth-order valence-electron chi connectivity index (χ4n) is 2.06. The van der Waals surface area contributed by atoms with E-state index in [1.54, 1.807) is 17.5 Å². The molecule has 2 rings (SSSR count). The van der Waals surface area contributed by atoms with Gasteiger partial charge in [-0.15, -0.1) is 35.3 Å². The van der Waals surface area contributed by atoms with E-state index in [1.807, 2.05) is 13.8 Å². The first kappa shape index (κ1) is 23.5. The smallest absolute Gasteiger partial charge is 0.416 e. The number of benzene rings is 1. The van der Waals surface area contributed by atoms with Gasteiger partial charge < -0.3 is 15.4 Å². The molecule has 1 aromatic heterocycles. The molecule has 0 aliphatic rings. The Morgan fingerprint density at radius 1 is 1.30 bits per heavy atom. The van der Waals surface area contributed by atoms with Crippen LogP contribution in [0.15, 0.2) is 35.5 Å². The van der Waals surface area contributed by atoms with Crippen LogP contribution in [0.3, 0.4) is 0 Å². The molecule has 150 valence electrons. The van der Waals surface area contributed by atoms with Crippen LogP contribution in [-0.2, 0) is 12.7 Å². The van der Waals surface area contributed by atoms with Gasteiger partial charge in [0.25, 0.3) is 0 Å². The van der Waals surface area contributed by atoms with E-state index in [4.69, 9.17) is 4.74 Å². The van der Waals surface area contributed by atoms with Crippen LogP contribution in [0, 0.1) is 6.92 Å². The van der Waals surface area contributed by atoms with Gasteiger partial charge in [-0.1, -0.05) is 6.07 Å². The maximum absolute atomic E-state index is 12.7. The van der Waals surface area contributed by atoms with E-state index < -0.39 is 11.7 Å². The third-order valence-corrected chi connectivity index (χ3v) is 4.11. The summed E-state index contributed by atoms with van der Waals surface area (Å²) in [5, 5.41) is 7.10. The Bertz CT molecular complexity index is 737. The molecule has 1 heterocycles. The second kappa shape index (κ2) is 11.3. The molecule has 0 unspecified atom stereocenters. The molecule has 0 fully saturated rings. The van der Waals surface area contributed by atoms with Crippen LogP contribution in [0.4, 0.5) is 13.2 Å². The number of halogens is 4. The summed E-state index contributed by atoms with van der Waals surface area (Å²) < 4.78 is 43.4. The van der Waals surface area contributed by atoms with E-state index in [0.717, 1.165) is 22.0 Å². The van der Waals surface area contributed by atoms with Crippen molar-refractivity contribution in [2.75, 3.05) is 19.7 Å². The van der Waals surface area contributed by atoms with E-state index in [0.29, 0.717) is 25.6 Å². The molecule has 2 aromatic rings. The third-order valence-electron chi connectivity index (χ3n) is 3.21. The highest BCUT2D eigenvalue weighted by Gasteiger charge is 2.30. The molecule has 0 bridgehead atoms. The van der Waals surface area contributed by atoms with Crippen molar-refractivity contribution in [2.45, 2.75) is 26.6 Å². The first-order chi connectivity index (χ1) is 12.4. The number of guanidine groups is 1.